The van der Waals surface area contributed by atoms with Gasteiger partial charge in [0.1, 0.15) is 0 Å². The van der Waals surface area contributed by atoms with Gasteiger partial charge in [0, 0.05) is 30.1 Å². The van der Waals surface area contributed by atoms with Crippen molar-refractivity contribution >= 4 is 17.1 Å². The third kappa shape index (κ3) is 3.47. The van der Waals surface area contributed by atoms with Gasteiger partial charge in [-0.2, -0.15) is 0 Å². The van der Waals surface area contributed by atoms with E-state index < -0.39 is 0 Å². The lowest BCUT2D eigenvalue weighted by Crippen LogP contribution is -2.06. The number of nitrogens with zero attached hydrogens (tertiary/aromatic N) is 1. The summed E-state index contributed by atoms with van der Waals surface area (Å²) in [4.78, 5) is 10.4. The molecule has 0 bridgehead atoms. The Morgan fingerprint density at radius 3 is 2.55 bits per heavy atom. The Morgan fingerprint density at radius 2 is 1.90 bits per heavy atom. The van der Waals surface area contributed by atoms with Crippen molar-refractivity contribution in [1.82, 2.24) is 0 Å². The number of rotatable bonds is 5. The molecule has 2 aromatic rings. The molecule has 104 valence electrons. The Balaban J connectivity index is 1.98. The van der Waals surface area contributed by atoms with Crippen LogP contribution in [0.25, 0.3) is 0 Å². The zero-order chi connectivity index (χ0) is 14.5. The maximum absolute atomic E-state index is 10.8. The molecule has 2 aromatic carbocycles. The first kappa shape index (κ1) is 13.9. The number of non-ortho nitro benzene ring substituents is 1. The van der Waals surface area contributed by atoms with E-state index in [2.05, 4.69) is 5.32 Å². The van der Waals surface area contributed by atoms with E-state index in [9.17, 15) is 10.1 Å². The number of nitrogens with two attached hydrogens (primary N) is 1. The van der Waals surface area contributed by atoms with Gasteiger partial charge in [0.05, 0.1) is 4.92 Å². The first-order valence-electron chi connectivity index (χ1n) is 6.39. The monoisotopic (exact) mass is 271 g/mol. The summed E-state index contributed by atoms with van der Waals surface area (Å²) in [6.45, 7) is 2.64. The summed E-state index contributed by atoms with van der Waals surface area (Å²) in [6, 6.07) is 12.5. The summed E-state index contributed by atoms with van der Waals surface area (Å²) >= 11 is 0. The molecular formula is C15H17N3O2. The predicted octanol–water partition coefficient (Wildman–Crippen LogP) is 3.14. The van der Waals surface area contributed by atoms with E-state index in [0.717, 1.165) is 23.4 Å². The Hall–Kier alpha value is -2.56. The molecule has 0 unspecified atom stereocenters. The summed E-state index contributed by atoms with van der Waals surface area (Å²) in [5.74, 6) is 0. The number of hydrogen-bond acceptors (Lipinski definition) is 4. The summed E-state index contributed by atoms with van der Waals surface area (Å²) in [5.41, 5.74) is 9.45. The number of nitro benzene ring substituents is 1. The van der Waals surface area contributed by atoms with Gasteiger partial charge < -0.3 is 11.1 Å². The van der Waals surface area contributed by atoms with Gasteiger partial charge in [-0.3, -0.25) is 10.1 Å². The Labute approximate surface area is 117 Å². The van der Waals surface area contributed by atoms with Crippen LogP contribution in [0.5, 0.6) is 0 Å². The second-order valence-electron chi connectivity index (χ2n) is 4.67. The predicted molar refractivity (Wildman–Crippen MR) is 80.9 cm³/mol. The average molecular weight is 271 g/mol. The Bertz CT molecular complexity index is 609. The quantitative estimate of drug-likeness (QED) is 0.497. The maximum atomic E-state index is 10.8. The van der Waals surface area contributed by atoms with E-state index in [0.29, 0.717) is 6.54 Å². The largest absolute Gasteiger partial charge is 0.399 e. The molecule has 0 aliphatic heterocycles. The molecule has 0 fully saturated rings. The summed E-state index contributed by atoms with van der Waals surface area (Å²) in [5, 5.41) is 14.0. The Morgan fingerprint density at radius 1 is 1.20 bits per heavy atom. The van der Waals surface area contributed by atoms with E-state index in [1.807, 2.05) is 31.2 Å². The minimum Gasteiger partial charge on any atom is -0.399 e. The lowest BCUT2D eigenvalue weighted by atomic mass is 10.1. The fourth-order valence-corrected chi connectivity index (χ4v) is 1.94. The fraction of sp³-hybridized carbons (Fsp3) is 0.200. The molecule has 0 saturated heterocycles. The SMILES string of the molecule is Cc1ccc([N+](=O)[O-])cc1NCCc1ccc(N)cc1. The van der Waals surface area contributed by atoms with E-state index in [1.54, 1.807) is 12.1 Å². The molecule has 0 heterocycles. The molecule has 0 aliphatic rings. The second kappa shape index (κ2) is 6.06. The normalized spacial score (nSPS) is 10.2. The van der Waals surface area contributed by atoms with Gasteiger partial charge in [-0.15, -0.1) is 0 Å². The minimum absolute atomic E-state index is 0.102. The third-order valence-electron chi connectivity index (χ3n) is 3.14. The van der Waals surface area contributed by atoms with Crippen LogP contribution in [0, 0.1) is 17.0 Å². The molecule has 0 radical (unpaired) electrons. The van der Waals surface area contributed by atoms with Crippen molar-refractivity contribution in [2.24, 2.45) is 0 Å². The zero-order valence-corrected chi connectivity index (χ0v) is 11.3. The summed E-state index contributed by atoms with van der Waals surface area (Å²) in [7, 11) is 0. The maximum Gasteiger partial charge on any atom is 0.271 e. The minimum atomic E-state index is -0.384. The molecule has 0 aliphatic carbocycles. The van der Waals surface area contributed by atoms with Crippen LogP contribution in [0.1, 0.15) is 11.1 Å². The molecular weight excluding hydrogens is 254 g/mol. The van der Waals surface area contributed by atoms with Gasteiger partial charge in [0.25, 0.3) is 5.69 Å². The van der Waals surface area contributed by atoms with Crippen LogP contribution in [0.2, 0.25) is 0 Å². The highest BCUT2D eigenvalue weighted by atomic mass is 16.6. The van der Waals surface area contributed by atoms with E-state index >= 15 is 0 Å². The molecule has 0 amide bonds. The van der Waals surface area contributed by atoms with Crippen molar-refractivity contribution in [3.8, 4) is 0 Å². The van der Waals surface area contributed by atoms with Gasteiger partial charge in [0.2, 0.25) is 0 Å². The number of nitrogens with one attached hydrogen (secondary N) is 1. The number of nitro groups is 1. The molecule has 20 heavy (non-hydrogen) atoms. The lowest BCUT2D eigenvalue weighted by Gasteiger charge is -2.09. The molecule has 0 spiro atoms. The molecule has 0 atom stereocenters. The van der Waals surface area contributed by atoms with Crippen molar-refractivity contribution in [3.05, 3.63) is 63.7 Å². The first-order valence-corrected chi connectivity index (χ1v) is 6.39. The smallest absolute Gasteiger partial charge is 0.271 e. The number of aryl methyl sites for hydroxylation is 1. The highest BCUT2D eigenvalue weighted by Gasteiger charge is 2.08. The van der Waals surface area contributed by atoms with Crippen molar-refractivity contribution < 1.29 is 4.92 Å². The lowest BCUT2D eigenvalue weighted by molar-refractivity contribution is -0.384. The highest BCUT2D eigenvalue weighted by molar-refractivity contribution is 5.56. The van der Waals surface area contributed by atoms with Gasteiger partial charge >= 0.3 is 0 Å². The van der Waals surface area contributed by atoms with Gasteiger partial charge in [-0.1, -0.05) is 18.2 Å². The van der Waals surface area contributed by atoms with Crippen molar-refractivity contribution in [3.63, 3.8) is 0 Å². The number of benzene rings is 2. The molecule has 5 heteroatoms. The number of hydrogen-bond donors (Lipinski definition) is 2. The Kier molecular flexibility index (Phi) is 4.20. The van der Waals surface area contributed by atoms with Crippen LogP contribution in [-0.4, -0.2) is 11.5 Å². The van der Waals surface area contributed by atoms with Gasteiger partial charge in [-0.25, -0.2) is 0 Å². The molecule has 2 rings (SSSR count). The highest BCUT2D eigenvalue weighted by Crippen LogP contribution is 2.21. The van der Waals surface area contributed by atoms with Gasteiger partial charge in [0.15, 0.2) is 0 Å². The van der Waals surface area contributed by atoms with Crippen LogP contribution in [-0.2, 0) is 6.42 Å². The standard InChI is InChI=1S/C15H17N3O2/c1-11-2-7-14(18(19)20)10-15(11)17-9-8-12-3-5-13(16)6-4-12/h2-7,10,17H,8-9,16H2,1H3. The van der Waals surface area contributed by atoms with Crippen LogP contribution < -0.4 is 11.1 Å². The second-order valence-corrected chi connectivity index (χ2v) is 4.67. The van der Waals surface area contributed by atoms with E-state index in [-0.39, 0.29) is 10.6 Å². The molecule has 0 aromatic heterocycles. The first-order chi connectivity index (χ1) is 9.56. The third-order valence-corrected chi connectivity index (χ3v) is 3.14. The van der Waals surface area contributed by atoms with E-state index in [1.165, 1.54) is 11.6 Å². The van der Waals surface area contributed by atoms with Crippen LogP contribution in [0.3, 0.4) is 0 Å². The number of anilines is 2. The van der Waals surface area contributed by atoms with E-state index in [4.69, 9.17) is 5.73 Å². The van der Waals surface area contributed by atoms with Crippen molar-refractivity contribution in [2.45, 2.75) is 13.3 Å². The van der Waals surface area contributed by atoms with Crippen LogP contribution >= 0.6 is 0 Å². The molecule has 5 nitrogen and oxygen atoms in total. The van der Waals surface area contributed by atoms with Crippen molar-refractivity contribution in [2.75, 3.05) is 17.6 Å². The topological polar surface area (TPSA) is 81.2 Å². The van der Waals surface area contributed by atoms with Crippen molar-refractivity contribution in [1.29, 1.82) is 0 Å². The van der Waals surface area contributed by atoms with Gasteiger partial charge in [-0.05, 0) is 36.6 Å². The fourth-order valence-electron chi connectivity index (χ4n) is 1.94. The molecule has 3 N–H and O–H groups in total. The zero-order valence-electron chi connectivity index (χ0n) is 11.3. The molecule has 0 saturated carbocycles. The van der Waals surface area contributed by atoms with Crippen LogP contribution in [0.4, 0.5) is 17.1 Å². The average Bonchev–Trinajstić information content (AvgIpc) is 2.43. The summed E-state index contributed by atoms with van der Waals surface area (Å²) < 4.78 is 0. The number of nitrogen functional groups attached to an aromatic ring is 1. The van der Waals surface area contributed by atoms with Crippen LogP contribution in [0.15, 0.2) is 42.5 Å². The summed E-state index contributed by atoms with van der Waals surface area (Å²) in [6.07, 6.45) is 0.836.